The molecule has 0 aliphatic heterocycles. The number of alkyl halides is 3. The monoisotopic (exact) mass is 302 g/mol. The number of halogens is 4. The van der Waals surface area contributed by atoms with E-state index in [1.807, 2.05) is 0 Å². The Kier molecular flexibility index (Phi) is 3.76. The summed E-state index contributed by atoms with van der Waals surface area (Å²) in [6.07, 6.45) is -3.84. The average molecular weight is 303 g/mol. The lowest BCUT2D eigenvalue weighted by Crippen LogP contribution is -2.06. The van der Waals surface area contributed by atoms with Crippen LogP contribution in [0.2, 0.25) is 5.02 Å². The van der Waals surface area contributed by atoms with E-state index in [1.165, 1.54) is 0 Å². The number of benzene rings is 1. The van der Waals surface area contributed by atoms with Gasteiger partial charge in [-0.15, -0.1) is 0 Å². The molecule has 0 aliphatic rings. The molecule has 0 unspecified atom stereocenters. The van der Waals surface area contributed by atoms with Crippen LogP contribution in [0, 0.1) is 6.92 Å². The Morgan fingerprint density at radius 1 is 1.30 bits per heavy atom. The summed E-state index contributed by atoms with van der Waals surface area (Å²) in [5, 5.41) is -0.234. The van der Waals surface area contributed by atoms with Gasteiger partial charge in [0.15, 0.2) is 5.75 Å². The van der Waals surface area contributed by atoms with E-state index in [0.717, 1.165) is 11.6 Å². The van der Waals surface area contributed by atoms with Crippen LogP contribution in [-0.4, -0.2) is 4.98 Å². The molecule has 0 radical (unpaired) electrons. The van der Waals surface area contributed by atoms with Crippen LogP contribution >= 0.6 is 11.6 Å². The molecule has 0 fully saturated rings. The fraction of sp³-hybridized carbons (Fsp3) is 0.154. The number of pyridine rings is 1. The lowest BCUT2D eigenvalue weighted by atomic mass is 10.2. The van der Waals surface area contributed by atoms with E-state index >= 15 is 0 Å². The average Bonchev–Trinajstić information content (AvgIpc) is 2.34. The van der Waals surface area contributed by atoms with Crippen molar-refractivity contribution in [3.63, 3.8) is 0 Å². The number of hydrogen-bond donors (Lipinski definition) is 1. The Morgan fingerprint density at radius 3 is 2.55 bits per heavy atom. The number of anilines is 1. The quantitative estimate of drug-likeness (QED) is 0.834. The summed E-state index contributed by atoms with van der Waals surface area (Å²) >= 11 is 5.76. The lowest BCUT2D eigenvalue weighted by Gasteiger charge is -2.12. The van der Waals surface area contributed by atoms with Crippen molar-refractivity contribution in [2.45, 2.75) is 13.1 Å². The summed E-state index contributed by atoms with van der Waals surface area (Å²) in [7, 11) is 0. The number of aryl methyl sites for hydroxylation is 1. The minimum absolute atomic E-state index is 0.124. The largest absolute Gasteiger partial charge is 0.435 e. The van der Waals surface area contributed by atoms with Crippen LogP contribution in [0.5, 0.6) is 11.6 Å². The van der Waals surface area contributed by atoms with Crippen molar-refractivity contribution in [1.29, 1.82) is 0 Å². The van der Waals surface area contributed by atoms with E-state index in [9.17, 15) is 13.2 Å². The van der Waals surface area contributed by atoms with Crippen molar-refractivity contribution >= 4 is 17.3 Å². The molecular formula is C13H10ClF3N2O. The van der Waals surface area contributed by atoms with E-state index in [1.54, 1.807) is 25.1 Å². The van der Waals surface area contributed by atoms with Gasteiger partial charge in [-0.2, -0.15) is 13.2 Å². The molecule has 7 heteroatoms. The fourth-order valence-corrected chi connectivity index (χ4v) is 1.77. The number of ether oxygens (including phenoxy) is 1. The van der Waals surface area contributed by atoms with Gasteiger partial charge in [-0.05, 0) is 24.6 Å². The number of nitrogen functional groups attached to an aromatic ring is 1. The van der Waals surface area contributed by atoms with Crippen molar-refractivity contribution < 1.29 is 17.9 Å². The van der Waals surface area contributed by atoms with Crippen molar-refractivity contribution in [3.05, 3.63) is 46.6 Å². The zero-order valence-corrected chi connectivity index (χ0v) is 11.1. The molecule has 1 aromatic heterocycles. The van der Waals surface area contributed by atoms with E-state index < -0.39 is 11.7 Å². The second-order valence-corrected chi connectivity index (χ2v) is 4.51. The molecule has 0 saturated heterocycles. The highest BCUT2D eigenvalue weighted by Crippen LogP contribution is 2.36. The third-order valence-corrected chi connectivity index (χ3v) is 2.85. The molecule has 106 valence electrons. The molecule has 0 amide bonds. The van der Waals surface area contributed by atoms with Crippen LogP contribution < -0.4 is 10.5 Å². The molecule has 0 saturated carbocycles. The number of aromatic nitrogens is 1. The van der Waals surface area contributed by atoms with Crippen molar-refractivity contribution in [3.8, 4) is 11.6 Å². The van der Waals surface area contributed by atoms with Crippen LogP contribution in [0.1, 0.15) is 11.1 Å². The maximum absolute atomic E-state index is 12.5. The van der Waals surface area contributed by atoms with E-state index in [2.05, 4.69) is 4.98 Å². The number of nitrogens with zero attached hydrogens (tertiary/aromatic N) is 1. The zero-order chi connectivity index (χ0) is 14.9. The smallest absolute Gasteiger partial charge is 0.417 e. The normalized spacial score (nSPS) is 11.4. The predicted octanol–water partition coefficient (Wildman–Crippen LogP) is 4.44. The Morgan fingerprint density at radius 2 is 2.00 bits per heavy atom. The van der Waals surface area contributed by atoms with E-state index in [4.69, 9.17) is 22.1 Å². The van der Waals surface area contributed by atoms with Crippen molar-refractivity contribution in [2.75, 3.05) is 5.73 Å². The molecule has 2 aromatic rings. The van der Waals surface area contributed by atoms with Gasteiger partial charge in [0.1, 0.15) is 5.02 Å². The SMILES string of the molecule is Cc1cccc(N)c1Oc1ncc(C(F)(F)F)cc1Cl. The molecule has 20 heavy (non-hydrogen) atoms. The van der Waals surface area contributed by atoms with Crippen molar-refractivity contribution in [1.82, 2.24) is 4.98 Å². The minimum atomic E-state index is -4.50. The molecule has 0 spiro atoms. The van der Waals surface area contributed by atoms with Gasteiger partial charge in [0.2, 0.25) is 5.88 Å². The molecule has 0 atom stereocenters. The predicted molar refractivity (Wildman–Crippen MR) is 69.9 cm³/mol. The second-order valence-electron chi connectivity index (χ2n) is 4.10. The van der Waals surface area contributed by atoms with Gasteiger partial charge in [0, 0.05) is 6.20 Å². The Balaban J connectivity index is 2.36. The van der Waals surface area contributed by atoms with Crippen LogP contribution in [0.15, 0.2) is 30.5 Å². The second kappa shape index (κ2) is 5.20. The van der Waals surface area contributed by atoms with E-state index in [0.29, 0.717) is 17.6 Å². The van der Waals surface area contributed by atoms with Gasteiger partial charge in [0.05, 0.1) is 11.3 Å². The highest BCUT2D eigenvalue weighted by atomic mass is 35.5. The summed E-state index contributed by atoms with van der Waals surface area (Å²) in [5.41, 5.74) is 5.88. The first-order valence-corrected chi connectivity index (χ1v) is 5.92. The molecule has 0 bridgehead atoms. The number of hydrogen-bond acceptors (Lipinski definition) is 3. The highest BCUT2D eigenvalue weighted by molar-refractivity contribution is 6.31. The summed E-state index contributed by atoms with van der Waals surface area (Å²) in [4.78, 5) is 3.59. The standard InChI is InChI=1S/C13H10ClF3N2O/c1-7-3-2-4-10(18)11(7)20-12-9(14)5-8(6-19-12)13(15,16)17/h2-6H,18H2,1H3. The molecule has 2 rings (SSSR count). The molecule has 2 N–H and O–H groups in total. The van der Waals surface area contributed by atoms with Gasteiger partial charge in [-0.1, -0.05) is 23.7 Å². The summed E-state index contributed by atoms with van der Waals surface area (Å²) in [6.45, 7) is 1.75. The molecule has 3 nitrogen and oxygen atoms in total. The van der Waals surface area contributed by atoms with Gasteiger partial charge in [-0.25, -0.2) is 4.98 Å². The summed E-state index contributed by atoms with van der Waals surface area (Å²) in [6, 6.07) is 5.86. The van der Waals surface area contributed by atoms with Gasteiger partial charge < -0.3 is 10.5 Å². The fourth-order valence-electron chi connectivity index (χ4n) is 1.57. The minimum Gasteiger partial charge on any atom is -0.435 e. The van der Waals surface area contributed by atoms with E-state index in [-0.39, 0.29) is 10.9 Å². The van der Waals surface area contributed by atoms with Crippen molar-refractivity contribution in [2.24, 2.45) is 0 Å². The third-order valence-electron chi connectivity index (χ3n) is 2.58. The maximum atomic E-state index is 12.5. The van der Waals surface area contributed by atoms with Crippen LogP contribution in [-0.2, 0) is 6.18 Å². The Hall–Kier alpha value is -1.95. The summed E-state index contributed by atoms with van der Waals surface area (Å²) < 4.78 is 42.9. The first-order valence-electron chi connectivity index (χ1n) is 5.54. The number of para-hydroxylation sites is 1. The molecule has 0 aliphatic carbocycles. The topological polar surface area (TPSA) is 48.1 Å². The highest BCUT2D eigenvalue weighted by Gasteiger charge is 2.31. The third kappa shape index (κ3) is 2.96. The molecule has 1 heterocycles. The first kappa shape index (κ1) is 14.5. The van der Waals surface area contributed by atoms with Crippen LogP contribution in [0.25, 0.3) is 0 Å². The summed E-state index contributed by atoms with van der Waals surface area (Å²) in [5.74, 6) is 0.197. The van der Waals surface area contributed by atoms with Crippen LogP contribution in [0.4, 0.5) is 18.9 Å². The molecular weight excluding hydrogens is 293 g/mol. The van der Waals surface area contributed by atoms with Gasteiger partial charge >= 0.3 is 6.18 Å². The lowest BCUT2D eigenvalue weighted by molar-refractivity contribution is -0.137. The van der Waals surface area contributed by atoms with Crippen LogP contribution in [0.3, 0.4) is 0 Å². The Bertz CT molecular complexity index is 624. The number of nitrogens with two attached hydrogens (primary N) is 1. The van der Waals surface area contributed by atoms with Gasteiger partial charge in [0.25, 0.3) is 0 Å². The Labute approximate surface area is 118 Å². The molecule has 1 aromatic carbocycles. The zero-order valence-electron chi connectivity index (χ0n) is 10.3. The van der Waals surface area contributed by atoms with Gasteiger partial charge in [-0.3, -0.25) is 0 Å². The number of rotatable bonds is 2. The first-order chi connectivity index (χ1) is 9.29. The maximum Gasteiger partial charge on any atom is 0.417 e.